The summed E-state index contributed by atoms with van der Waals surface area (Å²) in [5, 5.41) is 0. The molecule has 5 heteroatoms. The molecule has 1 fully saturated rings. The van der Waals surface area contributed by atoms with Gasteiger partial charge in [0, 0.05) is 24.8 Å². The number of hydrogen-bond donors (Lipinski definition) is 0. The van der Waals surface area contributed by atoms with Crippen molar-refractivity contribution >= 4 is 15.6 Å². The number of rotatable bonds is 6. The van der Waals surface area contributed by atoms with Crippen LogP contribution in [0, 0.1) is 5.92 Å². The summed E-state index contributed by atoms with van der Waals surface area (Å²) in [6, 6.07) is 0. The number of Topliss-reactive ketones (excluding diaryl/α,β-unsaturated/α-hetero) is 1. The Balaban J connectivity index is 2.39. The minimum absolute atomic E-state index is 0.109. The minimum Gasteiger partial charge on any atom is -0.302 e. The molecule has 0 N–H and O–H groups in total. The lowest BCUT2D eigenvalue weighted by Crippen LogP contribution is -2.40. The summed E-state index contributed by atoms with van der Waals surface area (Å²) in [6.07, 6.45) is 2.63. The van der Waals surface area contributed by atoms with Gasteiger partial charge in [0.25, 0.3) is 0 Å². The summed E-state index contributed by atoms with van der Waals surface area (Å²) in [5.74, 6) is 0.839. The largest absolute Gasteiger partial charge is 0.302 e. The number of carbonyl (C=O) groups is 1. The lowest BCUT2D eigenvalue weighted by Gasteiger charge is -2.31. The van der Waals surface area contributed by atoms with Crippen molar-refractivity contribution in [3.05, 3.63) is 0 Å². The third-order valence-corrected chi connectivity index (χ3v) is 5.15. The molecule has 0 aromatic carbocycles. The molecule has 1 unspecified atom stereocenters. The van der Waals surface area contributed by atoms with Gasteiger partial charge in [-0.15, -0.1) is 0 Å². The van der Waals surface area contributed by atoms with E-state index in [-0.39, 0.29) is 23.2 Å². The molecular weight excluding hydrogens is 238 g/mol. The van der Waals surface area contributed by atoms with E-state index in [0.717, 1.165) is 25.9 Å². The topological polar surface area (TPSA) is 54.5 Å². The van der Waals surface area contributed by atoms with Gasteiger partial charge in [-0.05, 0) is 32.7 Å². The zero-order valence-electron chi connectivity index (χ0n) is 10.8. The first kappa shape index (κ1) is 14.6. The van der Waals surface area contributed by atoms with Gasteiger partial charge in [-0.3, -0.25) is 4.79 Å². The molecule has 1 saturated heterocycles. The maximum Gasteiger partial charge on any atom is 0.151 e. The maximum absolute atomic E-state index is 11.6. The zero-order valence-corrected chi connectivity index (χ0v) is 11.6. The zero-order chi connectivity index (χ0) is 12.9. The van der Waals surface area contributed by atoms with Crippen molar-refractivity contribution in [1.29, 1.82) is 0 Å². The predicted molar refractivity (Wildman–Crippen MR) is 68.8 cm³/mol. The first-order chi connectivity index (χ1) is 7.94. The quantitative estimate of drug-likeness (QED) is 0.719. The van der Waals surface area contributed by atoms with E-state index in [9.17, 15) is 13.2 Å². The summed E-state index contributed by atoms with van der Waals surface area (Å²) in [6.45, 7) is 5.74. The average molecular weight is 261 g/mol. The van der Waals surface area contributed by atoms with Crippen molar-refractivity contribution in [2.75, 3.05) is 31.1 Å². The number of likely N-dealkylation sites (tertiary alicyclic amines) is 1. The summed E-state index contributed by atoms with van der Waals surface area (Å²) in [4.78, 5) is 13.4. The van der Waals surface area contributed by atoms with Crippen molar-refractivity contribution < 1.29 is 13.2 Å². The van der Waals surface area contributed by atoms with Gasteiger partial charge in [-0.2, -0.15) is 0 Å². The van der Waals surface area contributed by atoms with Gasteiger partial charge >= 0.3 is 0 Å². The fraction of sp³-hybridized carbons (Fsp3) is 0.917. The van der Waals surface area contributed by atoms with Crippen molar-refractivity contribution in [3.63, 3.8) is 0 Å². The first-order valence-electron chi connectivity index (χ1n) is 6.38. The van der Waals surface area contributed by atoms with Crippen LogP contribution >= 0.6 is 0 Å². The normalized spacial score (nSPS) is 22.6. The van der Waals surface area contributed by atoms with Crippen LogP contribution in [-0.4, -0.2) is 50.2 Å². The Morgan fingerprint density at radius 1 is 1.35 bits per heavy atom. The summed E-state index contributed by atoms with van der Waals surface area (Å²) < 4.78 is 23.2. The molecule has 1 aliphatic heterocycles. The third kappa shape index (κ3) is 5.17. The molecule has 4 nitrogen and oxygen atoms in total. The van der Waals surface area contributed by atoms with Crippen LogP contribution in [0.3, 0.4) is 0 Å². The van der Waals surface area contributed by atoms with Gasteiger partial charge in [0.15, 0.2) is 9.84 Å². The molecule has 1 aliphatic rings. The van der Waals surface area contributed by atoms with Crippen LogP contribution < -0.4 is 0 Å². The van der Waals surface area contributed by atoms with Crippen LogP contribution in [0.2, 0.25) is 0 Å². The molecule has 100 valence electrons. The van der Waals surface area contributed by atoms with Crippen molar-refractivity contribution in [1.82, 2.24) is 4.90 Å². The van der Waals surface area contributed by atoms with E-state index < -0.39 is 9.84 Å². The van der Waals surface area contributed by atoms with E-state index in [0.29, 0.717) is 13.0 Å². The third-order valence-electron chi connectivity index (χ3n) is 3.31. The lowest BCUT2D eigenvalue weighted by atomic mass is 9.95. The molecule has 17 heavy (non-hydrogen) atoms. The first-order valence-corrected chi connectivity index (χ1v) is 8.20. The fourth-order valence-corrected chi connectivity index (χ4v) is 3.63. The second-order valence-corrected chi connectivity index (χ2v) is 7.21. The summed E-state index contributed by atoms with van der Waals surface area (Å²) in [7, 11) is -2.90. The van der Waals surface area contributed by atoms with Crippen LogP contribution in [0.5, 0.6) is 0 Å². The van der Waals surface area contributed by atoms with Gasteiger partial charge in [0.05, 0.1) is 5.75 Å². The molecule has 0 aromatic heterocycles. The van der Waals surface area contributed by atoms with Gasteiger partial charge in [-0.25, -0.2) is 8.42 Å². The molecule has 0 spiro atoms. The van der Waals surface area contributed by atoms with Crippen molar-refractivity contribution in [2.45, 2.75) is 33.1 Å². The van der Waals surface area contributed by atoms with E-state index in [1.54, 1.807) is 6.92 Å². The van der Waals surface area contributed by atoms with E-state index in [1.807, 2.05) is 6.92 Å². The van der Waals surface area contributed by atoms with Gasteiger partial charge in [-0.1, -0.05) is 6.92 Å². The predicted octanol–water partition coefficient (Wildman–Crippen LogP) is 1.11. The van der Waals surface area contributed by atoms with Gasteiger partial charge in [0.2, 0.25) is 0 Å². The highest BCUT2D eigenvalue weighted by Gasteiger charge is 2.23. The molecule has 1 atom stereocenters. The SMILES string of the molecule is CCCS(=O)(=O)CCN1CCCC(C(C)=O)C1. The summed E-state index contributed by atoms with van der Waals surface area (Å²) in [5.41, 5.74) is 0. The maximum atomic E-state index is 11.6. The average Bonchev–Trinajstić information content (AvgIpc) is 2.27. The molecular formula is C12H23NO3S. The standard InChI is InChI=1S/C12H23NO3S/c1-3-8-17(15,16)9-7-13-6-4-5-12(10-13)11(2)14/h12H,3-10H2,1-2H3. The highest BCUT2D eigenvalue weighted by molar-refractivity contribution is 7.91. The monoisotopic (exact) mass is 261 g/mol. The number of sulfone groups is 1. The fourth-order valence-electron chi connectivity index (χ4n) is 2.27. The van der Waals surface area contributed by atoms with E-state index in [1.165, 1.54) is 0 Å². The van der Waals surface area contributed by atoms with E-state index in [4.69, 9.17) is 0 Å². The Kier molecular flexibility index (Phi) is 5.59. The smallest absolute Gasteiger partial charge is 0.151 e. The minimum atomic E-state index is -2.90. The molecule has 1 heterocycles. The van der Waals surface area contributed by atoms with Gasteiger partial charge < -0.3 is 4.90 Å². The Labute approximate surface area is 104 Å². The van der Waals surface area contributed by atoms with Crippen molar-refractivity contribution in [3.8, 4) is 0 Å². The number of ketones is 1. The van der Waals surface area contributed by atoms with Crippen LogP contribution in [0.4, 0.5) is 0 Å². The Bertz CT molecular complexity index is 351. The highest BCUT2D eigenvalue weighted by atomic mass is 32.2. The molecule has 0 amide bonds. The van der Waals surface area contributed by atoms with E-state index >= 15 is 0 Å². The van der Waals surface area contributed by atoms with Crippen LogP contribution in [0.25, 0.3) is 0 Å². The Hall–Kier alpha value is -0.420. The molecule has 0 aliphatic carbocycles. The number of piperidine rings is 1. The lowest BCUT2D eigenvalue weighted by molar-refractivity contribution is -0.122. The molecule has 0 saturated carbocycles. The highest BCUT2D eigenvalue weighted by Crippen LogP contribution is 2.17. The second-order valence-electron chi connectivity index (χ2n) is 4.90. The van der Waals surface area contributed by atoms with E-state index in [2.05, 4.69) is 4.90 Å². The number of nitrogens with zero attached hydrogens (tertiary/aromatic N) is 1. The van der Waals surface area contributed by atoms with Crippen molar-refractivity contribution in [2.24, 2.45) is 5.92 Å². The van der Waals surface area contributed by atoms with Crippen LogP contribution in [-0.2, 0) is 14.6 Å². The Morgan fingerprint density at radius 3 is 2.65 bits per heavy atom. The Morgan fingerprint density at radius 2 is 2.06 bits per heavy atom. The second kappa shape index (κ2) is 6.50. The molecule has 0 bridgehead atoms. The number of hydrogen-bond acceptors (Lipinski definition) is 4. The number of carbonyl (C=O) groups excluding carboxylic acids is 1. The molecule has 0 radical (unpaired) electrons. The summed E-state index contributed by atoms with van der Waals surface area (Å²) >= 11 is 0. The van der Waals surface area contributed by atoms with Gasteiger partial charge in [0.1, 0.15) is 5.78 Å². The van der Waals surface area contributed by atoms with Crippen LogP contribution in [0.1, 0.15) is 33.1 Å². The molecule has 0 aromatic rings. The van der Waals surface area contributed by atoms with Crippen LogP contribution in [0.15, 0.2) is 0 Å². The molecule has 1 rings (SSSR count).